The number of carbonyl (C=O) groups is 1. The summed E-state index contributed by atoms with van der Waals surface area (Å²) in [5, 5.41) is 19.7. The van der Waals surface area contributed by atoms with Crippen LogP contribution in [0.25, 0.3) is 0 Å². The number of methoxy groups -OCH3 is 1. The summed E-state index contributed by atoms with van der Waals surface area (Å²) in [6.45, 7) is 3.76. The van der Waals surface area contributed by atoms with Gasteiger partial charge in [-0.15, -0.1) is 0 Å². The third-order valence-corrected chi connectivity index (χ3v) is 3.92. The fraction of sp³-hybridized carbons (Fsp3) is 0.263. The average Bonchev–Trinajstić information content (AvgIpc) is 2.65. The lowest BCUT2D eigenvalue weighted by atomic mass is 10.1. The van der Waals surface area contributed by atoms with E-state index in [2.05, 4.69) is 9.73 Å². The molecule has 0 spiro atoms. The summed E-state index contributed by atoms with van der Waals surface area (Å²) in [7, 11) is 1.30. The van der Waals surface area contributed by atoms with Crippen molar-refractivity contribution in [2.75, 3.05) is 7.11 Å². The summed E-state index contributed by atoms with van der Waals surface area (Å²) in [5.74, 6) is -0.664. The van der Waals surface area contributed by atoms with Crippen LogP contribution in [-0.2, 0) is 11.3 Å². The van der Waals surface area contributed by atoms with Gasteiger partial charge < -0.3 is 9.84 Å². The molecule has 26 heavy (non-hydrogen) atoms. The van der Waals surface area contributed by atoms with Gasteiger partial charge in [-0.25, -0.2) is 4.79 Å². The molecule has 1 aromatic carbocycles. The van der Waals surface area contributed by atoms with Crippen molar-refractivity contribution in [3.8, 4) is 11.9 Å². The van der Waals surface area contributed by atoms with Crippen LogP contribution in [0.3, 0.4) is 0 Å². The van der Waals surface area contributed by atoms with Gasteiger partial charge in [-0.1, -0.05) is 6.92 Å². The molecular weight excluding hydrogens is 334 g/mol. The van der Waals surface area contributed by atoms with Crippen LogP contribution < -0.4 is 5.56 Å². The van der Waals surface area contributed by atoms with Crippen LogP contribution in [0, 0.1) is 18.3 Å². The summed E-state index contributed by atoms with van der Waals surface area (Å²) in [4.78, 5) is 28.0. The lowest BCUT2D eigenvalue weighted by molar-refractivity contribution is 0.0601. The lowest BCUT2D eigenvalue weighted by Gasteiger charge is -2.13. The third-order valence-electron chi connectivity index (χ3n) is 3.92. The normalized spacial score (nSPS) is 10.7. The lowest BCUT2D eigenvalue weighted by Crippen LogP contribution is -2.25. The molecular formula is C19H19N3O4. The van der Waals surface area contributed by atoms with Crippen LogP contribution in [0.2, 0.25) is 0 Å². The van der Waals surface area contributed by atoms with Gasteiger partial charge in [-0.05, 0) is 43.2 Å². The summed E-state index contributed by atoms with van der Waals surface area (Å²) in [6.07, 6.45) is 2.04. The van der Waals surface area contributed by atoms with Gasteiger partial charge in [0, 0.05) is 12.8 Å². The van der Waals surface area contributed by atoms with Crippen LogP contribution >= 0.6 is 0 Å². The number of carbonyl (C=O) groups excluding carboxylic acids is 1. The Labute approximate surface area is 150 Å². The highest BCUT2D eigenvalue weighted by Gasteiger charge is 2.17. The van der Waals surface area contributed by atoms with Crippen LogP contribution in [0.1, 0.15) is 40.4 Å². The van der Waals surface area contributed by atoms with Gasteiger partial charge in [0.2, 0.25) is 5.88 Å². The number of aromatic nitrogens is 1. The first-order chi connectivity index (χ1) is 12.4. The molecule has 7 nitrogen and oxygen atoms in total. The van der Waals surface area contributed by atoms with Crippen molar-refractivity contribution in [1.82, 2.24) is 4.57 Å². The molecule has 1 aromatic heterocycles. The standard InChI is InChI=1S/C19H19N3O4/c1-4-9-22-17(23)15(10-20)12(2)16(18(22)24)11-21-14-7-5-13(6-8-14)19(25)26-3/h5-8,11,24H,4,9H2,1-3H3. The van der Waals surface area contributed by atoms with Gasteiger partial charge in [0.1, 0.15) is 11.6 Å². The molecule has 0 unspecified atom stereocenters. The number of hydrogen-bond donors (Lipinski definition) is 1. The third kappa shape index (κ3) is 3.64. The van der Waals surface area contributed by atoms with Crippen molar-refractivity contribution >= 4 is 17.9 Å². The number of aromatic hydroxyl groups is 1. The number of nitriles is 1. The molecule has 0 atom stereocenters. The van der Waals surface area contributed by atoms with Crippen molar-refractivity contribution in [2.24, 2.45) is 4.99 Å². The van der Waals surface area contributed by atoms with E-state index < -0.39 is 11.5 Å². The molecule has 0 aliphatic carbocycles. The minimum absolute atomic E-state index is 0.0151. The summed E-state index contributed by atoms with van der Waals surface area (Å²) >= 11 is 0. The predicted octanol–water partition coefficient (Wildman–Crippen LogP) is 2.68. The molecule has 7 heteroatoms. The Morgan fingerprint density at radius 3 is 2.58 bits per heavy atom. The molecule has 1 N–H and O–H groups in total. The van der Waals surface area contributed by atoms with Crippen LogP contribution in [0.5, 0.6) is 5.88 Å². The van der Waals surface area contributed by atoms with Gasteiger partial charge in [-0.3, -0.25) is 14.4 Å². The summed E-state index contributed by atoms with van der Waals surface area (Å²) in [5.41, 5.74) is 1.10. The molecule has 2 rings (SSSR count). The second kappa shape index (κ2) is 8.12. The number of benzene rings is 1. The molecule has 2 aromatic rings. The van der Waals surface area contributed by atoms with E-state index in [1.165, 1.54) is 17.9 Å². The number of aliphatic imine (C=N–C) groups is 1. The van der Waals surface area contributed by atoms with Crippen LogP contribution in [0.4, 0.5) is 5.69 Å². The van der Waals surface area contributed by atoms with E-state index in [1.54, 1.807) is 31.2 Å². The van der Waals surface area contributed by atoms with Gasteiger partial charge >= 0.3 is 5.97 Å². The van der Waals surface area contributed by atoms with Crippen LogP contribution in [0.15, 0.2) is 34.1 Å². The topological polar surface area (TPSA) is 105 Å². The molecule has 1 heterocycles. The Morgan fingerprint density at radius 1 is 1.38 bits per heavy atom. The molecule has 0 amide bonds. The number of rotatable bonds is 5. The molecule has 134 valence electrons. The molecule has 0 radical (unpaired) electrons. The van der Waals surface area contributed by atoms with E-state index in [1.807, 2.05) is 13.0 Å². The maximum Gasteiger partial charge on any atom is 0.337 e. The fourth-order valence-corrected chi connectivity index (χ4v) is 2.50. The summed E-state index contributed by atoms with van der Waals surface area (Å²) in [6, 6.07) is 8.30. The number of hydrogen-bond acceptors (Lipinski definition) is 6. The van der Waals surface area contributed by atoms with Crippen molar-refractivity contribution < 1.29 is 14.6 Å². The number of ether oxygens (including phenoxy) is 1. The first-order valence-electron chi connectivity index (χ1n) is 8.03. The van der Waals surface area contributed by atoms with E-state index in [9.17, 15) is 20.0 Å². The molecule has 0 aliphatic rings. The number of pyridine rings is 1. The van der Waals surface area contributed by atoms with Gasteiger partial charge in [0.25, 0.3) is 5.56 Å². The highest BCUT2D eigenvalue weighted by atomic mass is 16.5. The molecule has 0 aliphatic heterocycles. The molecule has 0 bridgehead atoms. The zero-order valence-corrected chi connectivity index (χ0v) is 14.8. The number of esters is 1. The van der Waals surface area contributed by atoms with Gasteiger partial charge in [0.05, 0.1) is 23.9 Å². The minimum Gasteiger partial charge on any atom is -0.494 e. The Kier molecular flexibility index (Phi) is 5.91. The van der Waals surface area contributed by atoms with E-state index in [0.29, 0.717) is 35.3 Å². The minimum atomic E-state index is -0.510. The molecule has 0 saturated carbocycles. The van der Waals surface area contributed by atoms with Crippen molar-refractivity contribution in [2.45, 2.75) is 26.8 Å². The van der Waals surface area contributed by atoms with Gasteiger partial charge in [-0.2, -0.15) is 5.26 Å². The summed E-state index contributed by atoms with van der Waals surface area (Å²) < 4.78 is 5.81. The Morgan fingerprint density at radius 2 is 2.04 bits per heavy atom. The van der Waals surface area contributed by atoms with E-state index in [-0.39, 0.29) is 11.4 Å². The molecule has 0 saturated heterocycles. The maximum atomic E-state index is 12.3. The van der Waals surface area contributed by atoms with Crippen molar-refractivity contribution in [3.63, 3.8) is 0 Å². The zero-order valence-electron chi connectivity index (χ0n) is 14.8. The van der Waals surface area contributed by atoms with E-state index in [4.69, 9.17) is 0 Å². The predicted molar refractivity (Wildman–Crippen MR) is 97.1 cm³/mol. The van der Waals surface area contributed by atoms with E-state index >= 15 is 0 Å². The monoisotopic (exact) mass is 353 g/mol. The van der Waals surface area contributed by atoms with Crippen LogP contribution in [-0.4, -0.2) is 29.0 Å². The highest BCUT2D eigenvalue weighted by Crippen LogP contribution is 2.21. The highest BCUT2D eigenvalue weighted by molar-refractivity contribution is 5.90. The Hall–Kier alpha value is -3.40. The van der Waals surface area contributed by atoms with Crippen molar-refractivity contribution in [1.29, 1.82) is 5.26 Å². The second-order valence-corrected chi connectivity index (χ2v) is 5.60. The smallest absolute Gasteiger partial charge is 0.337 e. The average molecular weight is 353 g/mol. The maximum absolute atomic E-state index is 12.3. The van der Waals surface area contributed by atoms with E-state index in [0.717, 1.165) is 0 Å². The van der Waals surface area contributed by atoms with Crippen molar-refractivity contribution in [3.05, 3.63) is 56.9 Å². The largest absolute Gasteiger partial charge is 0.494 e. The SMILES string of the molecule is CCCn1c(O)c(C=Nc2ccc(C(=O)OC)cc2)c(C)c(C#N)c1=O. The first-order valence-corrected chi connectivity index (χ1v) is 8.03. The Balaban J connectivity index is 2.47. The quantitative estimate of drug-likeness (QED) is 0.657. The Bertz CT molecular complexity index is 951. The first kappa shape index (κ1) is 18.9. The fourth-order valence-electron chi connectivity index (χ4n) is 2.50. The molecule has 0 fully saturated rings. The van der Waals surface area contributed by atoms with Gasteiger partial charge in [0.15, 0.2) is 0 Å². The number of nitrogens with zero attached hydrogens (tertiary/aromatic N) is 3. The second-order valence-electron chi connectivity index (χ2n) is 5.60. The zero-order chi connectivity index (χ0) is 19.3.